The molecule has 0 bridgehead atoms. The summed E-state index contributed by atoms with van der Waals surface area (Å²) in [4.78, 5) is 6.90. The SMILES string of the molecule is CCCN1CCC(Nc2ccc3ncsc3c2)CC1. The summed E-state index contributed by atoms with van der Waals surface area (Å²) in [5, 5.41) is 3.68. The summed E-state index contributed by atoms with van der Waals surface area (Å²) in [6.45, 7) is 5.97. The highest BCUT2D eigenvalue weighted by Crippen LogP contribution is 2.23. The highest BCUT2D eigenvalue weighted by molar-refractivity contribution is 7.16. The van der Waals surface area contributed by atoms with Crippen molar-refractivity contribution < 1.29 is 0 Å². The second kappa shape index (κ2) is 5.88. The van der Waals surface area contributed by atoms with Crippen molar-refractivity contribution in [2.24, 2.45) is 0 Å². The molecule has 1 fully saturated rings. The second-order valence-electron chi connectivity index (χ2n) is 5.30. The van der Waals surface area contributed by atoms with E-state index in [0.717, 1.165) is 5.52 Å². The third-order valence-electron chi connectivity index (χ3n) is 3.83. The van der Waals surface area contributed by atoms with Gasteiger partial charge in [-0.2, -0.15) is 0 Å². The van der Waals surface area contributed by atoms with Crippen LogP contribution in [0, 0.1) is 0 Å². The predicted octanol–water partition coefficient (Wildman–Crippen LogP) is 3.58. The molecular weight excluding hydrogens is 254 g/mol. The van der Waals surface area contributed by atoms with Crippen molar-refractivity contribution >= 4 is 27.2 Å². The van der Waals surface area contributed by atoms with Crippen molar-refractivity contribution in [3.8, 4) is 0 Å². The first-order chi connectivity index (χ1) is 9.35. The van der Waals surface area contributed by atoms with Crippen molar-refractivity contribution in [3.63, 3.8) is 0 Å². The van der Waals surface area contributed by atoms with Crippen molar-refractivity contribution in [2.45, 2.75) is 32.2 Å². The average Bonchev–Trinajstić information content (AvgIpc) is 2.89. The molecule has 1 saturated heterocycles. The van der Waals surface area contributed by atoms with Gasteiger partial charge in [0.15, 0.2) is 0 Å². The van der Waals surface area contributed by atoms with E-state index < -0.39 is 0 Å². The fourth-order valence-corrected chi connectivity index (χ4v) is 3.51. The highest BCUT2D eigenvalue weighted by atomic mass is 32.1. The van der Waals surface area contributed by atoms with Crippen LogP contribution in [0.4, 0.5) is 5.69 Å². The zero-order valence-corrected chi connectivity index (χ0v) is 12.2. The Hall–Kier alpha value is -1.13. The molecule has 1 N–H and O–H groups in total. The van der Waals surface area contributed by atoms with Gasteiger partial charge in [0.05, 0.1) is 15.7 Å². The van der Waals surface area contributed by atoms with Gasteiger partial charge < -0.3 is 10.2 Å². The van der Waals surface area contributed by atoms with Crippen molar-refractivity contribution in [1.82, 2.24) is 9.88 Å². The van der Waals surface area contributed by atoms with Gasteiger partial charge in [-0.3, -0.25) is 0 Å². The number of likely N-dealkylation sites (tertiary alicyclic amines) is 1. The number of nitrogens with one attached hydrogen (secondary N) is 1. The molecule has 0 amide bonds. The van der Waals surface area contributed by atoms with Crippen molar-refractivity contribution in [3.05, 3.63) is 23.7 Å². The summed E-state index contributed by atoms with van der Waals surface area (Å²) in [5.41, 5.74) is 4.26. The summed E-state index contributed by atoms with van der Waals surface area (Å²) in [7, 11) is 0. The van der Waals surface area contributed by atoms with Crippen LogP contribution in [-0.2, 0) is 0 Å². The van der Waals surface area contributed by atoms with Gasteiger partial charge in [-0.15, -0.1) is 11.3 Å². The van der Waals surface area contributed by atoms with E-state index in [9.17, 15) is 0 Å². The second-order valence-corrected chi connectivity index (χ2v) is 6.18. The topological polar surface area (TPSA) is 28.2 Å². The first-order valence-electron chi connectivity index (χ1n) is 7.17. The molecule has 3 rings (SSSR count). The third kappa shape index (κ3) is 3.07. The van der Waals surface area contributed by atoms with Gasteiger partial charge >= 0.3 is 0 Å². The van der Waals surface area contributed by atoms with Crippen LogP contribution in [0.5, 0.6) is 0 Å². The first-order valence-corrected chi connectivity index (χ1v) is 8.05. The number of piperidine rings is 1. The molecule has 2 aromatic rings. The summed E-state index contributed by atoms with van der Waals surface area (Å²) in [6.07, 6.45) is 3.77. The summed E-state index contributed by atoms with van der Waals surface area (Å²) >= 11 is 1.71. The summed E-state index contributed by atoms with van der Waals surface area (Å²) in [6, 6.07) is 7.12. The van der Waals surface area contributed by atoms with E-state index in [1.165, 1.54) is 49.3 Å². The maximum absolute atomic E-state index is 4.32. The Balaban J connectivity index is 1.59. The van der Waals surface area contributed by atoms with E-state index in [-0.39, 0.29) is 0 Å². The summed E-state index contributed by atoms with van der Waals surface area (Å²) < 4.78 is 1.27. The molecule has 1 aliphatic rings. The van der Waals surface area contributed by atoms with Crippen LogP contribution in [0.25, 0.3) is 10.2 Å². The van der Waals surface area contributed by atoms with E-state index in [2.05, 4.69) is 40.3 Å². The molecule has 1 aromatic carbocycles. The maximum Gasteiger partial charge on any atom is 0.0813 e. The molecule has 1 aliphatic heterocycles. The van der Waals surface area contributed by atoms with E-state index in [1.54, 1.807) is 11.3 Å². The lowest BCUT2D eigenvalue weighted by molar-refractivity contribution is 0.219. The number of fused-ring (bicyclic) bond motifs is 1. The lowest BCUT2D eigenvalue weighted by Crippen LogP contribution is -2.39. The normalized spacial score (nSPS) is 17.9. The molecule has 2 heterocycles. The van der Waals surface area contributed by atoms with Gasteiger partial charge in [0.2, 0.25) is 0 Å². The minimum atomic E-state index is 0.624. The smallest absolute Gasteiger partial charge is 0.0813 e. The average molecular weight is 275 g/mol. The first kappa shape index (κ1) is 12.9. The fraction of sp³-hybridized carbons (Fsp3) is 0.533. The zero-order valence-electron chi connectivity index (χ0n) is 11.4. The minimum Gasteiger partial charge on any atom is -0.382 e. The van der Waals surface area contributed by atoms with Crippen LogP contribution < -0.4 is 5.32 Å². The zero-order chi connectivity index (χ0) is 13.1. The Labute approximate surface area is 118 Å². The molecule has 0 saturated carbocycles. The molecule has 0 aliphatic carbocycles. The summed E-state index contributed by atoms with van der Waals surface area (Å²) in [5.74, 6) is 0. The number of hydrogen-bond donors (Lipinski definition) is 1. The van der Waals surface area contributed by atoms with Crippen LogP contribution in [-0.4, -0.2) is 35.6 Å². The van der Waals surface area contributed by atoms with Crippen LogP contribution in [0.2, 0.25) is 0 Å². The highest BCUT2D eigenvalue weighted by Gasteiger charge is 2.18. The molecule has 0 spiro atoms. The van der Waals surface area contributed by atoms with Gasteiger partial charge in [-0.25, -0.2) is 4.98 Å². The van der Waals surface area contributed by atoms with Crippen LogP contribution in [0.15, 0.2) is 23.7 Å². The van der Waals surface area contributed by atoms with Gasteiger partial charge in [-0.05, 0) is 44.0 Å². The van der Waals surface area contributed by atoms with Crippen molar-refractivity contribution in [1.29, 1.82) is 0 Å². The predicted molar refractivity (Wildman–Crippen MR) is 83.0 cm³/mol. The number of thiazole rings is 1. The molecule has 3 nitrogen and oxygen atoms in total. The fourth-order valence-electron chi connectivity index (χ4n) is 2.80. The lowest BCUT2D eigenvalue weighted by Gasteiger charge is -2.32. The molecular formula is C15H21N3S. The number of aromatic nitrogens is 1. The van der Waals surface area contributed by atoms with Gasteiger partial charge in [0.1, 0.15) is 0 Å². The molecule has 102 valence electrons. The monoisotopic (exact) mass is 275 g/mol. The molecule has 4 heteroatoms. The molecule has 0 atom stereocenters. The van der Waals surface area contributed by atoms with Crippen LogP contribution in [0.3, 0.4) is 0 Å². The molecule has 1 aromatic heterocycles. The standard InChI is InChI=1S/C15H21N3S/c1-2-7-18-8-5-12(6-9-18)17-13-3-4-14-15(10-13)19-11-16-14/h3-4,10-12,17H,2,5-9H2,1H3. The van der Waals surface area contributed by atoms with Crippen LogP contribution in [0.1, 0.15) is 26.2 Å². The van der Waals surface area contributed by atoms with Gasteiger partial charge in [0.25, 0.3) is 0 Å². The Morgan fingerprint density at radius 1 is 1.37 bits per heavy atom. The van der Waals surface area contributed by atoms with E-state index >= 15 is 0 Å². The van der Waals surface area contributed by atoms with E-state index in [1.807, 2.05) is 5.51 Å². The number of rotatable bonds is 4. The van der Waals surface area contributed by atoms with E-state index in [4.69, 9.17) is 0 Å². The molecule has 0 radical (unpaired) electrons. The Morgan fingerprint density at radius 2 is 2.21 bits per heavy atom. The number of hydrogen-bond acceptors (Lipinski definition) is 4. The maximum atomic E-state index is 4.32. The number of anilines is 1. The number of nitrogens with zero attached hydrogens (tertiary/aromatic N) is 2. The van der Waals surface area contributed by atoms with E-state index in [0.29, 0.717) is 6.04 Å². The quantitative estimate of drug-likeness (QED) is 0.924. The number of benzene rings is 1. The van der Waals surface area contributed by atoms with Crippen molar-refractivity contribution in [2.75, 3.05) is 25.0 Å². The van der Waals surface area contributed by atoms with Crippen LogP contribution >= 0.6 is 11.3 Å². The third-order valence-corrected chi connectivity index (χ3v) is 4.62. The Bertz CT molecular complexity index is 529. The van der Waals surface area contributed by atoms with Gasteiger partial charge in [-0.1, -0.05) is 6.92 Å². The molecule has 0 unspecified atom stereocenters. The Kier molecular flexibility index (Phi) is 3.99. The van der Waals surface area contributed by atoms with Gasteiger partial charge in [0, 0.05) is 24.8 Å². The minimum absolute atomic E-state index is 0.624. The Morgan fingerprint density at radius 3 is 3.00 bits per heavy atom. The molecule has 19 heavy (non-hydrogen) atoms. The lowest BCUT2D eigenvalue weighted by atomic mass is 10.0. The largest absolute Gasteiger partial charge is 0.382 e.